The molecule has 0 saturated heterocycles. The lowest BCUT2D eigenvalue weighted by Gasteiger charge is -2.20. The van der Waals surface area contributed by atoms with Crippen LogP contribution in [0.3, 0.4) is 0 Å². The minimum Gasteiger partial charge on any atom is -0.443 e. The number of H-pyrrole nitrogens is 1. The second-order valence-electron chi connectivity index (χ2n) is 5.29. The van der Waals surface area contributed by atoms with Crippen LogP contribution in [0.4, 0.5) is 0 Å². The van der Waals surface area contributed by atoms with Crippen LogP contribution in [0.1, 0.15) is 39.4 Å². The number of aromatic nitrogens is 1. The summed E-state index contributed by atoms with van der Waals surface area (Å²) in [5.41, 5.74) is 1.09. The molecule has 2 rings (SSSR count). The molecule has 0 saturated carbocycles. The fraction of sp³-hybridized carbons (Fsp3) is 0.235. The summed E-state index contributed by atoms with van der Waals surface area (Å²) < 4.78 is 5.37. The van der Waals surface area contributed by atoms with Gasteiger partial charge in [0.15, 0.2) is 5.78 Å². The van der Waals surface area contributed by atoms with E-state index in [1.165, 1.54) is 24.1 Å². The lowest BCUT2D eigenvalue weighted by atomic mass is 10.1. The molecule has 1 aromatic heterocycles. The van der Waals surface area contributed by atoms with E-state index in [0.29, 0.717) is 11.1 Å². The summed E-state index contributed by atoms with van der Waals surface area (Å²) in [5, 5.41) is 0. The van der Waals surface area contributed by atoms with E-state index in [1.807, 2.05) is 6.07 Å². The van der Waals surface area contributed by atoms with Crippen LogP contribution in [-0.4, -0.2) is 41.6 Å². The van der Waals surface area contributed by atoms with Crippen LogP contribution in [0.15, 0.2) is 42.6 Å². The van der Waals surface area contributed by atoms with Crippen molar-refractivity contribution in [1.82, 2.24) is 9.88 Å². The second kappa shape index (κ2) is 6.91. The molecule has 1 atom stereocenters. The van der Waals surface area contributed by atoms with Crippen LogP contribution in [0.2, 0.25) is 0 Å². The Morgan fingerprint density at radius 3 is 2.30 bits per heavy atom. The molecule has 120 valence electrons. The summed E-state index contributed by atoms with van der Waals surface area (Å²) >= 11 is 0. The molecule has 0 aliphatic carbocycles. The number of benzene rings is 1. The third-order valence-electron chi connectivity index (χ3n) is 3.30. The Morgan fingerprint density at radius 2 is 1.78 bits per heavy atom. The van der Waals surface area contributed by atoms with Gasteiger partial charge in [-0.1, -0.05) is 30.3 Å². The van der Waals surface area contributed by atoms with Gasteiger partial charge in [0, 0.05) is 31.4 Å². The maximum absolute atomic E-state index is 12.3. The van der Waals surface area contributed by atoms with Gasteiger partial charge < -0.3 is 14.6 Å². The van der Waals surface area contributed by atoms with Crippen LogP contribution in [-0.2, 0) is 9.53 Å². The maximum atomic E-state index is 12.3. The molecule has 0 spiro atoms. The monoisotopic (exact) mass is 314 g/mol. The SMILES string of the molecule is CC(=O)c1c[nH]c(C(=O)O[C@@H](C(=O)N(C)C)c2ccccc2)c1. The zero-order valence-corrected chi connectivity index (χ0v) is 13.2. The number of carbonyl (C=O) groups is 3. The number of esters is 1. The minimum atomic E-state index is -1.04. The molecule has 0 aliphatic rings. The average molecular weight is 314 g/mol. The Balaban J connectivity index is 2.25. The number of Topliss-reactive ketones (excluding diaryl/α,β-unsaturated/α-hetero) is 1. The molecular weight excluding hydrogens is 296 g/mol. The average Bonchev–Trinajstić information content (AvgIpc) is 3.03. The Hall–Kier alpha value is -2.89. The summed E-state index contributed by atoms with van der Waals surface area (Å²) in [7, 11) is 3.18. The first-order valence-electron chi connectivity index (χ1n) is 7.06. The van der Waals surface area contributed by atoms with E-state index in [9.17, 15) is 14.4 Å². The van der Waals surface area contributed by atoms with Gasteiger partial charge in [0.05, 0.1) is 0 Å². The highest BCUT2D eigenvalue weighted by molar-refractivity contribution is 5.98. The van der Waals surface area contributed by atoms with Crippen LogP contribution >= 0.6 is 0 Å². The van der Waals surface area contributed by atoms with Crippen LogP contribution < -0.4 is 0 Å². The molecule has 0 fully saturated rings. The van der Waals surface area contributed by atoms with Crippen LogP contribution in [0.5, 0.6) is 0 Å². The number of hydrogen-bond acceptors (Lipinski definition) is 4. The molecule has 23 heavy (non-hydrogen) atoms. The quantitative estimate of drug-likeness (QED) is 0.678. The van der Waals surface area contributed by atoms with Crippen molar-refractivity contribution in [1.29, 1.82) is 0 Å². The van der Waals surface area contributed by atoms with Gasteiger partial charge in [-0.05, 0) is 13.0 Å². The van der Waals surface area contributed by atoms with Crippen molar-refractivity contribution in [3.63, 3.8) is 0 Å². The van der Waals surface area contributed by atoms with E-state index in [0.717, 1.165) is 0 Å². The highest BCUT2D eigenvalue weighted by Gasteiger charge is 2.27. The van der Waals surface area contributed by atoms with Crippen molar-refractivity contribution < 1.29 is 19.1 Å². The van der Waals surface area contributed by atoms with Gasteiger partial charge in [0.1, 0.15) is 5.69 Å². The van der Waals surface area contributed by atoms with E-state index in [-0.39, 0.29) is 17.4 Å². The second-order valence-corrected chi connectivity index (χ2v) is 5.29. The lowest BCUT2D eigenvalue weighted by Crippen LogP contribution is -2.31. The van der Waals surface area contributed by atoms with Gasteiger partial charge in [-0.2, -0.15) is 0 Å². The van der Waals surface area contributed by atoms with E-state index in [4.69, 9.17) is 4.74 Å². The van der Waals surface area contributed by atoms with E-state index in [1.54, 1.807) is 38.4 Å². The first-order chi connectivity index (χ1) is 10.9. The van der Waals surface area contributed by atoms with Gasteiger partial charge in [-0.3, -0.25) is 9.59 Å². The molecule has 1 aromatic carbocycles. The molecule has 0 radical (unpaired) electrons. The fourth-order valence-corrected chi connectivity index (χ4v) is 2.01. The van der Waals surface area contributed by atoms with Gasteiger partial charge in [-0.25, -0.2) is 4.79 Å². The van der Waals surface area contributed by atoms with E-state index >= 15 is 0 Å². The van der Waals surface area contributed by atoms with E-state index in [2.05, 4.69) is 4.98 Å². The molecular formula is C17H18N2O4. The molecule has 6 heteroatoms. The zero-order chi connectivity index (χ0) is 17.0. The summed E-state index contributed by atoms with van der Waals surface area (Å²) in [6.45, 7) is 1.40. The largest absolute Gasteiger partial charge is 0.443 e. The van der Waals surface area contributed by atoms with Gasteiger partial charge in [-0.15, -0.1) is 0 Å². The van der Waals surface area contributed by atoms with Crippen LogP contribution in [0, 0.1) is 0 Å². The van der Waals surface area contributed by atoms with Crippen molar-refractivity contribution in [2.24, 2.45) is 0 Å². The Bertz CT molecular complexity index is 719. The number of ketones is 1. The highest BCUT2D eigenvalue weighted by atomic mass is 16.5. The zero-order valence-electron chi connectivity index (χ0n) is 13.2. The molecule has 1 heterocycles. The van der Waals surface area contributed by atoms with Gasteiger partial charge >= 0.3 is 5.97 Å². The molecule has 6 nitrogen and oxygen atoms in total. The maximum Gasteiger partial charge on any atom is 0.355 e. The van der Waals surface area contributed by atoms with Crippen molar-refractivity contribution in [3.8, 4) is 0 Å². The molecule has 2 aromatic rings. The third-order valence-corrected chi connectivity index (χ3v) is 3.30. The van der Waals surface area contributed by atoms with Crippen molar-refractivity contribution in [2.45, 2.75) is 13.0 Å². The van der Waals surface area contributed by atoms with Crippen molar-refractivity contribution >= 4 is 17.7 Å². The number of nitrogens with zero attached hydrogens (tertiary/aromatic N) is 1. The third kappa shape index (κ3) is 3.85. The lowest BCUT2D eigenvalue weighted by molar-refractivity contribution is -0.138. The van der Waals surface area contributed by atoms with Gasteiger partial charge in [0.25, 0.3) is 5.91 Å². The van der Waals surface area contributed by atoms with Gasteiger partial charge in [0.2, 0.25) is 6.10 Å². The Labute approximate surface area is 134 Å². The first-order valence-corrected chi connectivity index (χ1v) is 7.06. The predicted molar refractivity (Wildman–Crippen MR) is 84.1 cm³/mol. The number of hydrogen-bond donors (Lipinski definition) is 1. The first kappa shape index (κ1) is 16.5. The standard InChI is InChI=1S/C17H18N2O4/c1-11(20)13-9-14(18-10-13)17(22)23-15(16(21)19(2)3)12-7-5-4-6-8-12/h4-10,15,18H,1-3H3/t15-/m1/s1. The Morgan fingerprint density at radius 1 is 1.13 bits per heavy atom. The van der Waals surface area contributed by atoms with Crippen molar-refractivity contribution in [2.75, 3.05) is 14.1 Å². The molecule has 0 bridgehead atoms. The topological polar surface area (TPSA) is 79.5 Å². The number of likely N-dealkylation sites (N-methyl/N-ethyl adjacent to an activating group) is 1. The normalized spacial score (nSPS) is 11.6. The van der Waals surface area contributed by atoms with Crippen molar-refractivity contribution in [3.05, 3.63) is 59.4 Å². The molecule has 0 unspecified atom stereocenters. The number of amides is 1. The molecule has 1 amide bonds. The minimum absolute atomic E-state index is 0.127. The number of nitrogens with one attached hydrogen (secondary N) is 1. The Kier molecular flexibility index (Phi) is 4.95. The number of rotatable bonds is 5. The smallest absolute Gasteiger partial charge is 0.355 e. The number of carbonyl (C=O) groups excluding carboxylic acids is 3. The summed E-state index contributed by atoms with van der Waals surface area (Å²) in [4.78, 5) is 39.9. The van der Waals surface area contributed by atoms with E-state index < -0.39 is 12.1 Å². The molecule has 1 N–H and O–H groups in total. The number of ether oxygens (including phenoxy) is 1. The molecule has 0 aliphatic heterocycles. The fourth-order valence-electron chi connectivity index (χ4n) is 2.01. The number of aromatic amines is 1. The summed E-state index contributed by atoms with van der Waals surface area (Å²) in [5.74, 6) is -1.20. The highest BCUT2D eigenvalue weighted by Crippen LogP contribution is 2.21. The summed E-state index contributed by atoms with van der Waals surface area (Å²) in [6, 6.07) is 10.2. The summed E-state index contributed by atoms with van der Waals surface area (Å²) in [6.07, 6.45) is 0.396. The van der Waals surface area contributed by atoms with Crippen LogP contribution in [0.25, 0.3) is 0 Å². The predicted octanol–water partition coefficient (Wildman–Crippen LogP) is 2.20.